The van der Waals surface area contributed by atoms with Gasteiger partial charge in [-0.25, -0.2) is 14.2 Å². The molecule has 0 amide bonds. The molecule has 0 aliphatic carbocycles. The monoisotopic (exact) mass is 268 g/mol. The Labute approximate surface area is 110 Å². The number of nitrogens with zero attached hydrogens (tertiary/aromatic N) is 2. The Kier molecular flexibility index (Phi) is 3.71. The molecule has 1 aliphatic rings. The number of carboxylic acids is 1. The summed E-state index contributed by atoms with van der Waals surface area (Å²) in [5, 5.41) is 19.1. The highest BCUT2D eigenvalue weighted by Gasteiger charge is 2.27. The number of anilines is 1. The lowest BCUT2D eigenvalue weighted by Crippen LogP contribution is -2.30. The Morgan fingerprint density at radius 1 is 1.47 bits per heavy atom. The summed E-state index contributed by atoms with van der Waals surface area (Å²) in [5.41, 5.74) is -0.875. The molecule has 0 aromatic carbocycles. The van der Waals surface area contributed by atoms with Crippen molar-refractivity contribution >= 4 is 11.8 Å². The molecule has 104 valence electrons. The second kappa shape index (κ2) is 5.13. The Morgan fingerprint density at radius 3 is 2.89 bits per heavy atom. The number of aromatic nitrogens is 1. The van der Waals surface area contributed by atoms with Gasteiger partial charge in [-0.15, -0.1) is 0 Å². The van der Waals surface area contributed by atoms with Crippen LogP contribution in [0.2, 0.25) is 0 Å². The summed E-state index contributed by atoms with van der Waals surface area (Å²) >= 11 is 0. The quantitative estimate of drug-likeness (QED) is 0.853. The van der Waals surface area contributed by atoms with Crippen molar-refractivity contribution in [2.24, 2.45) is 0 Å². The molecule has 1 aliphatic heterocycles. The van der Waals surface area contributed by atoms with Crippen molar-refractivity contribution in [3.8, 4) is 0 Å². The molecule has 1 fully saturated rings. The fourth-order valence-corrected chi connectivity index (χ4v) is 2.32. The van der Waals surface area contributed by atoms with Gasteiger partial charge in [0.2, 0.25) is 0 Å². The smallest absolute Gasteiger partial charge is 0.339 e. The van der Waals surface area contributed by atoms with Crippen molar-refractivity contribution in [2.75, 3.05) is 18.0 Å². The first kappa shape index (κ1) is 13.7. The van der Waals surface area contributed by atoms with Crippen LogP contribution in [0.4, 0.5) is 10.2 Å². The van der Waals surface area contributed by atoms with Crippen molar-refractivity contribution in [3.63, 3.8) is 0 Å². The first-order valence-corrected chi connectivity index (χ1v) is 6.25. The molecule has 2 heterocycles. The van der Waals surface area contributed by atoms with Crippen LogP contribution >= 0.6 is 0 Å². The topological polar surface area (TPSA) is 73.7 Å². The normalized spacial score (nSPS) is 24.1. The van der Waals surface area contributed by atoms with Crippen molar-refractivity contribution in [1.29, 1.82) is 0 Å². The van der Waals surface area contributed by atoms with Gasteiger partial charge >= 0.3 is 5.97 Å². The summed E-state index contributed by atoms with van der Waals surface area (Å²) in [6.45, 7) is 2.88. The van der Waals surface area contributed by atoms with Gasteiger partial charge in [0.15, 0.2) is 0 Å². The van der Waals surface area contributed by atoms with Crippen LogP contribution in [-0.2, 0) is 0 Å². The Bertz CT molecular complexity index is 491. The van der Waals surface area contributed by atoms with Crippen LogP contribution in [-0.4, -0.2) is 39.9 Å². The maximum Gasteiger partial charge on any atom is 0.339 e. The van der Waals surface area contributed by atoms with Gasteiger partial charge in [-0.3, -0.25) is 0 Å². The minimum Gasteiger partial charge on any atom is -0.478 e. The molecule has 1 aromatic rings. The number of rotatable bonds is 2. The molecule has 2 N–H and O–H groups in total. The maximum absolute atomic E-state index is 13.1. The summed E-state index contributed by atoms with van der Waals surface area (Å²) in [5.74, 6) is -1.59. The second-order valence-electron chi connectivity index (χ2n) is 5.17. The average Bonchev–Trinajstić information content (AvgIpc) is 2.50. The van der Waals surface area contributed by atoms with E-state index in [9.17, 15) is 14.3 Å². The first-order chi connectivity index (χ1) is 8.89. The van der Waals surface area contributed by atoms with E-state index in [1.165, 1.54) is 0 Å². The zero-order valence-electron chi connectivity index (χ0n) is 10.8. The van der Waals surface area contributed by atoms with E-state index in [2.05, 4.69) is 4.98 Å². The fraction of sp³-hybridized carbons (Fsp3) is 0.538. The van der Waals surface area contributed by atoms with E-state index < -0.39 is 17.4 Å². The molecule has 0 bridgehead atoms. The summed E-state index contributed by atoms with van der Waals surface area (Å²) in [6, 6.07) is 0.980. The molecule has 1 unspecified atom stereocenters. The van der Waals surface area contributed by atoms with Crippen LogP contribution in [0.15, 0.2) is 12.3 Å². The van der Waals surface area contributed by atoms with Gasteiger partial charge in [0, 0.05) is 13.1 Å². The highest BCUT2D eigenvalue weighted by Crippen LogP contribution is 2.26. The molecule has 5 nitrogen and oxygen atoms in total. The van der Waals surface area contributed by atoms with Crippen LogP contribution in [0.25, 0.3) is 0 Å². The summed E-state index contributed by atoms with van der Waals surface area (Å²) in [7, 11) is 0. The number of pyridine rings is 1. The lowest BCUT2D eigenvalue weighted by atomic mass is 9.98. The molecule has 0 radical (unpaired) electrons. The minimum absolute atomic E-state index is 0.137. The molecule has 0 saturated carbocycles. The minimum atomic E-state index is -1.20. The van der Waals surface area contributed by atoms with E-state index in [-0.39, 0.29) is 11.4 Å². The number of carboxylic acid groups (broad SMARTS) is 1. The zero-order chi connectivity index (χ0) is 14.0. The molecule has 1 saturated heterocycles. The predicted molar refractivity (Wildman–Crippen MR) is 67.8 cm³/mol. The van der Waals surface area contributed by atoms with Gasteiger partial charge < -0.3 is 15.1 Å². The fourth-order valence-electron chi connectivity index (χ4n) is 2.32. The third-order valence-electron chi connectivity index (χ3n) is 3.43. The zero-order valence-corrected chi connectivity index (χ0v) is 10.8. The number of hydrogen-bond acceptors (Lipinski definition) is 4. The molecule has 19 heavy (non-hydrogen) atoms. The van der Waals surface area contributed by atoms with Crippen LogP contribution < -0.4 is 4.90 Å². The number of carbonyl (C=O) groups is 1. The largest absolute Gasteiger partial charge is 0.478 e. The lowest BCUT2D eigenvalue weighted by Gasteiger charge is -2.24. The maximum atomic E-state index is 13.1. The van der Waals surface area contributed by atoms with Crippen molar-refractivity contribution in [1.82, 2.24) is 4.98 Å². The summed E-state index contributed by atoms with van der Waals surface area (Å²) < 4.78 is 13.1. The van der Waals surface area contributed by atoms with Gasteiger partial charge in [0.1, 0.15) is 17.2 Å². The summed E-state index contributed by atoms with van der Waals surface area (Å²) in [6.07, 6.45) is 2.95. The number of hydrogen-bond donors (Lipinski definition) is 2. The van der Waals surface area contributed by atoms with E-state index in [1.807, 2.05) is 0 Å². The standard InChI is InChI=1S/C13H17FN2O3/c1-13(19)3-2-5-16(6-4-13)11-10(12(17)18)7-9(14)8-15-11/h7-8,19H,2-6H2,1H3,(H,17,18). The van der Waals surface area contributed by atoms with E-state index in [1.54, 1.807) is 11.8 Å². The van der Waals surface area contributed by atoms with E-state index >= 15 is 0 Å². The van der Waals surface area contributed by atoms with E-state index in [0.717, 1.165) is 18.7 Å². The third-order valence-corrected chi connectivity index (χ3v) is 3.43. The van der Waals surface area contributed by atoms with Crippen molar-refractivity contribution in [2.45, 2.75) is 31.8 Å². The van der Waals surface area contributed by atoms with Crippen LogP contribution in [0.5, 0.6) is 0 Å². The molecule has 1 aromatic heterocycles. The number of halogens is 1. The highest BCUT2D eigenvalue weighted by molar-refractivity contribution is 5.93. The van der Waals surface area contributed by atoms with Gasteiger partial charge in [-0.2, -0.15) is 0 Å². The van der Waals surface area contributed by atoms with Crippen molar-refractivity contribution in [3.05, 3.63) is 23.6 Å². The molecule has 1 atom stereocenters. The van der Waals surface area contributed by atoms with Gasteiger partial charge in [0.05, 0.1) is 11.8 Å². The van der Waals surface area contributed by atoms with Gasteiger partial charge in [0.25, 0.3) is 0 Å². The lowest BCUT2D eigenvalue weighted by molar-refractivity contribution is 0.0481. The van der Waals surface area contributed by atoms with Crippen LogP contribution in [0.1, 0.15) is 36.5 Å². The van der Waals surface area contributed by atoms with Gasteiger partial charge in [-0.05, 0) is 32.3 Å². The second-order valence-corrected chi connectivity index (χ2v) is 5.17. The highest BCUT2D eigenvalue weighted by atomic mass is 19.1. The molecule has 6 heteroatoms. The molecule has 0 spiro atoms. The molecular formula is C13H17FN2O3. The summed E-state index contributed by atoms with van der Waals surface area (Å²) in [4.78, 5) is 16.8. The van der Waals surface area contributed by atoms with Crippen LogP contribution in [0.3, 0.4) is 0 Å². The predicted octanol–water partition coefficient (Wildman–Crippen LogP) is 1.66. The first-order valence-electron chi connectivity index (χ1n) is 6.25. The van der Waals surface area contributed by atoms with Crippen molar-refractivity contribution < 1.29 is 19.4 Å². The third kappa shape index (κ3) is 3.20. The van der Waals surface area contributed by atoms with Crippen LogP contribution in [0, 0.1) is 5.82 Å². The molecular weight excluding hydrogens is 251 g/mol. The Balaban J connectivity index is 2.29. The van der Waals surface area contributed by atoms with E-state index in [4.69, 9.17) is 5.11 Å². The molecule has 2 rings (SSSR count). The number of aromatic carboxylic acids is 1. The average molecular weight is 268 g/mol. The van der Waals surface area contributed by atoms with Gasteiger partial charge in [-0.1, -0.05) is 0 Å². The Hall–Kier alpha value is -1.69. The SMILES string of the molecule is CC1(O)CCCN(c2ncc(F)cc2C(=O)O)CC1. The van der Waals surface area contributed by atoms with E-state index in [0.29, 0.717) is 25.9 Å². The Morgan fingerprint density at radius 2 is 2.21 bits per heavy atom. The number of aliphatic hydroxyl groups is 1.